The van der Waals surface area contributed by atoms with Crippen LogP contribution in [-0.4, -0.2) is 22.0 Å². The summed E-state index contributed by atoms with van der Waals surface area (Å²) in [4.78, 5) is 24.7. The van der Waals surface area contributed by atoms with E-state index in [1.807, 2.05) is 42.5 Å². The average molecular weight is 386 g/mol. The van der Waals surface area contributed by atoms with E-state index in [4.69, 9.17) is 0 Å². The van der Waals surface area contributed by atoms with E-state index in [2.05, 4.69) is 10.6 Å². The van der Waals surface area contributed by atoms with Gasteiger partial charge in [-0.05, 0) is 41.0 Å². The van der Waals surface area contributed by atoms with Gasteiger partial charge in [0.15, 0.2) is 11.5 Å². The van der Waals surface area contributed by atoms with Crippen LogP contribution in [0.2, 0.25) is 0 Å². The van der Waals surface area contributed by atoms with Gasteiger partial charge in [0.05, 0.1) is 5.57 Å². The van der Waals surface area contributed by atoms with Gasteiger partial charge in [0.25, 0.3) is 11.8 Å². The van der Waals surface area contributed by atoms with Crippen molar-refractivity contribution in [1.82, 2.24) is 10.6 Å². The van der Waals surface area contributed by atoms with Crippen molar-refractivity contribution >= 4 is 17.4 Å². The maximum Gasteiger partial charge on any atom is 0.260 e. The number of benzene rings is 3. The van der Waals surface area contributed by atoms with Crippen LogP contribution in [0.15, 0.2) is 72.9 Å². The second-order valence-corrected chi connectivity index (χ2v) is 6.67. The zero-order valence-corrected chi connectivity index (χ0v) is 15.3. The van der Waals surface area contributed by atoms with Gasteiger partial charge in [0, 0.05) is 23.9 Å². The number of rotatable bonds is 4. The van der Waals surface area contributed by atoms with Crippen molar-refractivity contribution in [3.63, 3.8) is 0 Å². The SMILES string of the molecule is O=C1NC(=O)c2ccc(-c3ccccc3)cc2/C1=C\NCc1ccc(O)c(O)c1. The smallest absolute Gasteiger partial charge is 0.260 e. The van der Waals surface area contributed by atoms with Gasteiger partial charge in [-0.1, -0.05) is 42.5 Å². The number of phenolic OH excluding ortho intramolecular Hbond substituents is 2. The third kappa shape index (κ3) is 3.68. The number of hydrogen-bond donors (Lipinski definition) is 4. The van der Waals surface area contributed by atoms with E-state index in [1.165, 1.54) is 12.1 Å². The van der Waals surface area contributed by atoms with Crippen LogP contribution in [0.5, 0.6) is 11.5 Å². The molecule has 0 spiro atoms. The highest BCUT2D eigenvalue weighted by atomic mass is 16.3. The molecule has 3 aromatic carbocycles. The number of fused-ring (bicyclic) bond motifs is 1. The van der Waals surface area contributed by atoms with Crippen LogP contribution >= 0.6 is 0 Å². The lowest BCUT2D eigenvalue weighted by molar-refractivity contribution is -0.114. The van der Waals surface area contributed by atoms with Crippen LogP contribution in [-0.2, 0) is 11.3 Å². The average Bonchev–Trinajstić information content (AvgIpc) is 2.73. The molecule has 1 aliphatic heterocycles. The molecule has 6 nitrogen and oxygen atoms in total. The fraction of sp³-hybridized carbons (Fsp3) is 0.0435. The largest absolute Gasteiger partial charge is 0.504 e. The quantitative estimate of drug-likeness (QED) is 0.314. The molecule has 144 valence electrons. The summed E-state index contributed by atoms with van der Waals surface area (Å²) in [6, 6.07) is 19.6. The van der Waals surface area contributed by atoms with Gasteiger partial charge in [0.2, 0.25) is 0 Å². The predicted molar refractivity (Wildman–Crippen MR) is 109 cm³/mol. The van der Waals surface area contributed by atoms with Crippen molar-refractivity contribution in [2.75, 3.05) is 0 Å². The number of nitrogens with one attached hydrogen (secondary N) is 2. The molecular formula is C23H18N2O4. The molecule has 0 radical (unpaired) electrons. The topological polar surface area (TPSA) is 98.7 Å². The molecule has 0 aliphatic carbocycles. The normalized spacial score (nSPS) is 14.4. The van der Waals surface area contributed by atoms with Crippen molar-refractivity contribution in [1.29, 1.82) is 0 Å². The number of hydrogen-bond acceptors (Lipinski definition) is 5. The minimum atomic E-state index is -0.478. The summed E-state index contributed by atoms with van der Waals surface area (Å²) in [5, 5.41) is 24.4. The molecule has 1 aliphatic rings. The lowest BCUT2D eigenvalue weighted by Gasteiger charge is -2.19. The van der Waals surface area contributed by atoms with Gasteiger partial charge in [-0.3, -0.25) is 14.9 Å². The highest BCUT2D eigenvalue weighted by Gasteiger charge is 2.27. The number of carbonyl (C=O) groups excluding carboxylic acids is 2. The van der Waals surface area contributed by atoms with Gasteiger partial charge < -0.3 is 15.5 Å². The van der Waals surface area contributed by atoms with E-state index in [1.54, 1.807) is 18.3 Å². The van der Waals surface area contributed by atoms with Crippen LogP contribution in [0.1, 0.15) is 21.5 Å². The van der Waals surface area contributed by atoms with E-state index in [-0.39, 0.29) is 11.5 Å². The Balaban J connectivity index is 1.66. The van der Waals surface area contributed by atoms with E-state index in [0.717, 1.165) is 16.7 Å². The second-order valence-electron chi connectivity index (χ2n) is 6.67. The molecule has 2 amide bonds. The zero-order valence-electron chi connectivity index (χ0n) is 15.3. The molecule has 1 heterocycles. The Hall–Kier alpha value is -4.06. The first-order valence-corrected chi connectivity index (χ1v) is 9.03. The van der Waals surface area contributed by atoms with E-state index in [9.17, 15) is 19.8 Å². The molecule has 4 N–H and O–H groups in total. The molecule has 0 unspecified atom stereocenters. The first-order valence-electron chi connectivity index (χ1n) is 9.03. The molecule has 0 fully saturated rings. The Morgan fingerprint density at radius 1 is 0.793 bits per heavy atom. The molecule has 4 rings (SSSR count). The molecular weight excluding hydrogens is 368 g/mol. The van der Waals surface area contributed by atoms with Crippen molar-refractivity contribution < 1.29 is 19.8 Å². The standard InChI is InChI=1S/C23H18N2O4/c26-20-9-6-14(10-21(20)27)12-24-13-19-18-11-16(15-4-2-1-3-5-15)7-8-17(18)22(28)25-23(19)29/h1-11,13,24,26-27H,12H2,(H,25,28,29)/b19-13+. The highest BCUT2D eigenvalue weighted by molar-refractivity contribution is 6.31. The Morgan fingerprint density at radius 3 is 2.34 bits per heavy atom. The summed E-state index contributed by atoms with van der Waals surface area (Å²) in [5.74, 6) is -1.31. The third-order valence-electron chi connectivity index (χ3n) is 4.73. The third-order valence-corrected chi connectivity index (χ3v) is 4.73. The fourth-order valence-corrected chi connectivity index (χ4v) is 3.23. The maximum atomic E-state index is 12.4. The number of amides is 2. The zero-order chi connectivity index (χ0) is 20.4. The Kier molecular flexibility index (Phi) is 4.75. The summed E-state index contributed by atoms with van der Waals surface area (Å²) in [6.07, 6.45) is 1.55. The van der Waals surface area contributed by atoms with Crippen LogP contribution in [0.25, 0.3) is 16.7 Å². The van der Waals surface area contributed by atoms with Gasteiger partial charge in [-0.25, -0.2) is 0 Å². The summed E-state index contributed by atoms with van der Waals surface area (Å²) in [6.45, 7) is 0.326. The predicted octanol–water partition coefficient (Wildman–Crippen LogP) is 3.17. The fourth-order valence-electron chi connectivity index (χ4n) is 3.23. The first kappa shape index (κ1) is 18.3. The highest BCUT2D eigenvalue weighted by Crippen LogP contribution is 2.29. The van der Waals surface area contributed by atoms with Gasteiger partial charge >= 0.3 is 0 Å². The Morgan fingerprint density at radius 2 is 1.59 bits per heavy atom. The first-order chi connectivity index (χ1) is 14.0. The Labute approximate surface area is 167 Å². The van der Waals surface area contributed by atoms with Gasteiger partial charge in [-0.2, -0.15) is 0 Å². The molecule has 6 heteroatoms. The van der Waals surface area contributed by atoms with Crippen LogP contribution in [0, 0.1) is 0 Å². The molecule has 3 aromatic rings. The van der Waals surface area contributed by atoms with Crippen molar-refractivity contribution in [3.05, 3.63) is 89.6 Å². The number of imide groups is 1. The second kappa shape index (κ2) is 7.52. The van der Waals surface area contributed by atoms with E-state index >= 15 is 0 Å². The molecule has 0 aromatic heterocycles. The molecule has 0 atom stereocenters. The van der Waals surface area contributed by atoms with E-state index in [0.29, 0.717) is 23.2 Å². The summed E-state index contributed by atoms with van der Waals surface area (Å²) in [5.41, 5.74) is 3.95. The number of phenols is 2. The lowest BCUT2D eigenvalue weighted by Crippen LogP contribution is -2.37. The van der Waals surface area contributed by atoms with Gasteiger partial charge in [0.1, 0.15) is 0 Å². The maximum absolute atomic E-state index is 12.4. The minimum absolute atomic E-state index is 0.195. The number of carbonyl (C=O) groups is 2. The number of aromatic hydroxyl groups is 2. The Bertz CT molecular complexity index is 1140. The van der Waals surface area contributed by atoms with Crippen molar-refractivity contribution in [3.8, 4) is 22.6 Å². The van der Waals surface area contributed by atoms with Crippen LogP contribution in [0.3, 0.4) is 0 Å². The van der Waals surface area contributed by atoms with Crippen LogP contribution in [0.4, 0.5) is 0 Å². The summed E-state index contributed by atoms with van der Waals surface area (Å²) in [7, 11) is 0. The van der Waals surface area contributed by atoms with Crippen molar-refractivity contribution in [2.24, 2.45) is 0 Å². The summed E-state index contributed by atoms with van der Waals surface area (Å²) >= 11 is 0. The van der Waals surface area contributed by atoms with Crippen molar-refractivity contribution in [2.45, 2.75) is 6.54 Å². The molecule has 0 saturated heterocycles. The van der Waals surface area contributed by atoms with Gasteiger partial charge in [-0.15, -0.1) is 0 Å². The minimum Gasteiger partial charge on any atom is -0.504 e. The van der Waals surface area contributed by atoms with E-state index < -0.39 is 11.8 Å². The summed E-state index contributed by atoms with van der Waals surface area (Å²) < 4.78 is 0. The lowest BCUT2D eigenvalue weighted by atomic mass is 9.91. The molecule has 0 bridgehead atoms. The molecule has 0 saturated carbocycles. The molecule has 29 heavy (non-hydrogen) atoms. The van der Waals surface area contributed by atoms with Crippen LogP contribution < -0.4 is 10.6 Å². The monoisotopic (exact) mass is 386 g/mol.